The second-order valence-electron chi connectivity index (χ2n) is 3.98. The zero-order valence-corrected chi connectivity index (χ0v) is 8.68. The first kappa shape index (κ1) is 9.68. The van der Waals surface area contributed by atoms with Crippen LogP contribution in [-0.2, 0) is 11.8 Å². The highest BCUT2D eigenvalue weighted by atomic mass is 16.5. The molecule has 2 heterocycles. The molecule has 1 aliphatic rings. The normalized spacial score (nSPS) is 29.4. The van der Waals surface area contributed by atoms with Crippen LogP contribution in [0.3, 0.4) is 0 Å². The maximum absolute atomic E-state index is 6.10. The Morgan fingerprint density at radius 2 is 2.43 bits per heavy atom. The summed E-state index contributed by atoms with van der Waals surface area (Å²) in [6, 6.07) is -0.0973. The topological polar surface area (TPSA) is 53.1 Å². The van der Waals surface area contributed by atoms with Gasteiger partial charge in [-0.1, -0.05) is 0 Å². The fraction of sp³-hybridized carbons (Fsp3) is 0.700. The van der Waals surface area contributed by atoms with E-state index in [1.54, 1.807) is 6.20 Å². The highest BCUT2D eigenvalue weighted by Crippen LogP contribution is 2.27. The van der Waals surface area contributed by atoms with Gasteiger partial charge in [0.05, 0.1) is 18.2 Å². The summed E-state index contributed by atoms with van der Waals surface area (Å²) >= 11 is 0. The van der Waals surface area contributed by atoms with Gasteiger partial charge >= 0.3 is 0 Å². The largest absolute Gasteiger partial charge is 0.373 e. The van der Waals surface area contributed by atoms with Crippen molar-refractivity contribution in [1.29, 1.82) is 0 Å². The molecular weight excluding hydrogens is 178 g/mol. The minimum atomic E-state index is -0.0973. The van der Waals surface area contributed by atoms with Crippen molar-refractivity contribution in [3.05, 3.63) is 18.2 Å². The molecule has 1 aromatic rings. The molecule has 0 bridgehead atoms. The predicted molar refractivity (Wildman–Crippen MR) is 53.7 cm³/mol. The van der Waals surface area contributed by atoms with Crippen molar-refractivity contribution in [2.45, 2.75) is 38.0 Å². The second-order valence-corrected chi connectivity index (χ2v) is 3.98. The third kappa shape index (κ3) is 1.67. The summed E-state index contributed by atoms with van der Waals surface area (Å²) in [4.78, 5) is 4.24. The molecule has 3 unspecified atom stereocenters. The number of nitrogens with zero attached hydrogens (tertiary/aromatic N) is 2. The molecule has 78 valence electrons. The molecule has 4 nitrogen and oxygen atoms in total. The minimum absolute atomic E-state index is 0.0973. The van der Waals surface area contributed by atoms with Gasteiger partial charge in [0.25, 0.3) is 0 Å². The van der Waals surface area contributed by atoms with Gasteiger partial charge in [-0.15, -0.1) is 0 Å². The van der Waals surface area contributed by atoms with Crippen LogP contribution in [0.2, 0.25) is 0 Å². The lowest BCUT2D eigenvalue weighted by molar-refractivity contribution is 0.0379. The van der Waals surface area contributed by atoms with Crippen molar-refractivity contribution in [3.8, 4) is 0 Å². The van der Waals surface area contributed by atoms with Gasteiger partial charge in [-0.05, 0) is 19.8 Å². The maximum Gasteiger partial charge on any atom is 0.128 e. The Morgan fingerprint density at radius 1 is 1.64 bits per heavy atom. The number of ether oxygens (including phenoxy) is 1. The molecule has 4 heteroatoms. The van der Waals surface area contributed by atoms with Crippen LogP contribution in [0.5, 0.6) is 0 Å². The number of imidazole rings is 1. The van der Waals surface area contributed by atoms with E-state index in [1.807, 2.05) is 17.8 Å². The van der Waals surface area contributed by atoms with Crippen molar-refractivity contribution in [2.75, 3.05) is 0 Å². The fourth-order valence-corrected chi connectivity index (χ4v) is 1.96. The Balaban J connectivity index is 2.09. The third-order valence-corrected chi connectivity index (χ3v) is 2.82. The molecule has 0 radical (unpaired) electrons. The van der Waals surface area contributed by atoms with Gasteiger partial charge in [0, 0.05) is 19.4 Å². The van der Waals surface area contributed by atoms with Gasteiger partial charge in [0.15, 0.2) is 0 Å². The summed E-state index contributed by atoms with van der Waals surface area (Å²) in [6.07, 6.45) is 6.29. The fourth-order valence-electron chi connectivity index (χ4n) is 1.96. The van der Waals surface area contributed by atoms with Crippen LogP contribution >= 0.6 is 0 Å². The summed E-state index contributed by atoms with van der Waals surface area (Å²) in [5.74, 6) is 0.907. The number of rotatable bonds is 2. The molecule has 0 spiro atoms. The minimum Gasteiger partial charge on any atom is -0.373 e. The van der Waals surface area contributed by atoms with E-state index in [0.29, 0.717) is 6.10 Å². The second kappa shape index (κ2) is 3.71. The molecule has 14 heavy (non-hydrogen) atoms. The van der Waals surface area contributed by atoms with E-state index in [1.165, 1.54) is 0 Å². The van der Waals surface area contributed by atoms with Crippen molar-refractivity contribution in [2.24, 2.45) is 12.8 Å². The molecule has 0 amide bonds. The monoisotopic (exact) mass is 195 g/mol. The average Bonchev–Trinajstić information content (AvgIpc) is 2.73. The van der Waals surface area contributed by atoms with Gasteiger partial charge in [-0.3, -0.25) is 0 Å². The van der Waals surface area contributed by atoms with Crippen LogP contribution in [-0.4, -0.2) is 21.8 Å². The van der Waals surface area contributed by atoms with Crippen molar-refractivity contribution >= 4 is 0 Å². The zero-order chi connectivity index (χ0) is 10.1. The first-order valence-electron chi connectivity index (χ1n) is 5.06. The highest BCUT2D eigenvalue weighted by molar-refractivity contribution is 5.01. The lowest BCUT2D eigenvalue weighted by atomic mass is 10.1. The molecule has 1 aliphatic heterocycles. The van der Waals surface area contributed by atoms with E-state index in [-0.39, 0.29) is 12.1 Å². The molecule has 3 atom stereocenters. The summed E-state index contributed by atoms with van der Waals surface area (Å²) < 4.78 is 7.68. The van der Waals surface area contributed by atoms with Gasteiger partial charge < -0.3 is 15.0 Å². The average molecular weight is 195 g/mol. The van der Waals surface area contributed by atoms with Crippen LogP contribution in [0.25, 0.3) is 0 Å². The Kier molecular flexibility index (Phi) is 2.56. The molecule has 0 aliphatic carbocycles. The first-order valence-corrected chi connectivity index (χ1v) is 5.06. The molecule has 1 fully saturated rings. The van der Waals surface area contributed by atoms with Crippen LogP contribution in [0.15, 0.2) is 12.4 Å². The van der Waals surface area contributed by atoms with E-state index in [0.717, 1.165) is 18.7 Å². The van der Waals surface area contributed by atoms with Crippen LogP contribution < -0.4 is 5.73 Å². The summed E-state index contributed by atoms with van der Waals surface area (Å²) in [7, 11) is 1.96. The standard InChI is InChI=1S/C10H17N3O/c1-7-3-4-8(14-7)9(11)10-12-5-6-13(10)2/h5-9H,3-4,11H2,1-2H3. The van der Waals surface area contributed by atoms with Crippen LogP contribution in [0.4, 0.5) is 0 Å². The summed E-state index contributed by atoms with van der Waals surface area (Å²) in [5, 5.41) is 0. The van der Waals surface area contributed by atoms with Crippen LogP contribution in [0.1, 0.15) is 31.6 Å². The van der Waals surface area contributed by atoms with Crippen molar-refractivity contribution in [1.82, 2.24) is 9.55 Å². The van der Waals surface area contributed by atoms with Gasteiger partial charge in [-0.2, -0.15) is 0 Å². The van der Waals surface area contributed by atoms with E-state index in [4.69, 9.17) is 10.5 Å². The third-order valence-electron chi connectivity index (χ3n) is 2.82. The van der Waals surface area contributed by atoms with Crippen LogP contribution in [0, 0.1) is 0 Å². The number of hydrogen-bond donors (Lipinski definition) is 1. The zero-order valence-electron chi connectivity index (χ0n) is 8.68. The van der Waals surface area contributed by atoms with E-state index in [9.17, 15) is 0 Å². The summed E-state index contributed by atoms with van der Waals surface area (Å²) in [6.45, 7) is 2.09. The van der Waals surface area contributed by atoms with E-state index < -0.39 is 0 Å². The molecule has 0 aromatic carbocycles. The molecule has 1 saturated heterocycles. The summed E-state index contributed by atoms with van der Waals surface area (Å²) in [5.41, 5.74) is 6.10. The van der Waals surface area contributed by atoms with E-state index in [2.05, 4.69) is 11.9 Å². The van der Waals surface area contributed by atoms with Gasteiger partial charge in [0.2, 0.25) is 0 Å². The Morgan fingerprint density at radius 3 is 2.93 bits per heavy atom. The Hall–Kier alpha value is -0.870. The lowest BCUT2D eigenvalue weighted by Crippen LogP contribution is -2.28. The SMILES string of the molecule is CC1CCC(C(N)c2nccn2C)O1. The number of nitrogens with two attached hydrogens (primary N) is 1. The molecular formula is C10H17N3O. The Bertz CT molecular complexity index is 310. The first-order chi connectivity index (χ1) is 6.68. The highest BCUT2D eigenvalue weighted by Gasteiger charge is 2.30. The quantitative estimate of drug-likeness (QED) is 0.765. The number of hydrogen-bond acceptors (Lipinski definition) is 3. The number of aromatic nitrogens is 2. The Labute approximate surface area is 84.1 Å². The number of aryl methyl sites for hydroxylation is 1. The molecule has 2 N–H and O–H groups in total. The van der Waals surface area contributed by atoms with Gasteiger partial charge in [0.1, 0.15) is 5.82 Å². The lowest BCUT2D eigenvalue weighted by Gasteiger charge is -2.18. The molecule has 1 aromatic heterocycles. The molecule has 2 rings (SSSR count). The van der Waals surface area contributed by atoms with E-state index >= 15 is 0 Å². The molecule has 0 saturated carbocycles. The van der Waals surface area contributed by atoms with Crippen molar-refractivity contribution < 1.29 is 4.74 Å². The van der Waals surface area contributed by atoms with Crippen molar-refractivity contribution in [3.63, 3.8) is 0 Å². The maximum atomic E-state index is 6.10. The van der Waals surface area contributed by atoms with Gasteiger partial charge in [-0.25, -0.2) is 4.98 Å². The predicted octanol–water partition coefficient (Wildman–Crippen LogP) is 0.987. The smallest absolute Gasteiger partial charge is 0.128 e.